The van der Waals surface area contributed by atoms with Gasteiger partial charge in [-0.1, -0.05) is 13.3 Å². The van der Waals surface area contributed by atoms with Gasteiger partial charge < -0.3 is 20.5 Å². The minimum absolute atomic E-state index is 0.196. The summed E-state index contributed by atoms with van der Waals surface area (Å²) < 4.78 is 14.0. The van der Waals surface area contributed by atoms with Crippen LogP contribution < -0.4 is 11.1 Å². The Hall–Kier alpha value is -1.34. The van der Waals surface area contributed by atoms with Gasteiger partial charge in [-0.25, -0.2) is 4.79 Å². The highest BCUT2D eigenvalue weighted by Crippen LogP contribution is 2.27. The number of esters is 1. The number of nitrogens with one attached hydrogen (secondary N) is 1. The van der Waals surface area contributed by atoms with Gasteiger partial charge in [-0.2, -0.15) is 4.37 Å². The van der Waals surface area contributed by atoms with E-state index >= 15 is 0 Å². The van der Waals surface area contributed by atoms with E-state index < -0.39 is 5.97 Å². The first-order chi connectivity index (χ1) is 8.70. The lowest BCUT2D eigenvalue weighted by Gasteiger charge is -2.06. The highest BCUT2D eigenvalue weighted by Gasteiger charge is 2.19. The van der Waals surface area contributed by atoms with Crippen molar-refractivity contribution >= 4 is 28.3 Å². The SMILES string of the molecule is CCCCOCCNc1snc(N)c1C(=O)OC. The fourth-order valence-electron chi connectivity index (χ4n) is 1.31. The summed E-state index contributed by atoms with van der Waals surface area (Å²) in [4.78, 5) is 11.5. The molecule has 0 aliphatic heterocycles. The van der Waals surface area contributed by atoms with E-state index in [1.165, 1.54) is 7.11 Å². The second-order valence-electron chi connectivity index (χ2n) is 3.66. The van der Waals surface area contributed by atoms with Crippen molar-refractivity contribution in [1.29, 1.82) is 0 Å². The number of hydrogen-bond acceptors (Lipinski definition) is 7. The molecule has 3 N–H and O–H groups in total. The third-order valence-corrected chi connectivity index (χ3v) is 3.10. The summed E-state index contributed by atoms with van der Waals surface area (Å²) in [5.74, 6) is -0.281. The molecule has 0 aliphatic rings. The summed E-state index contributed by atoms with van der Waals surface area (Å²) in [5.41, 5.74) is 5.92. The molecule has 0 fully saturated rings. The molecule has 0 unspecified atom stereocenters. The van der Waals surface area contributed by atoms with Crippen LogP contribution in [0.2, 0.25) is 0 Å². The first-order valence-electron chi connectivity index (χ1n) is 5.85. The molecule has 1 heterocycles. The third kappa shape index (κ3) is 4.15. The molecule has 0 atom stereocenters. The van der Waals surface area contributed by atoms with E-state index in [2.05, 4.69) is 21.4 Å². The lowest BCUT2D eigenvalue weighted by molar-refractivity contribution is 0.0603. The third-order valence-electron chi connectivity index (χ3n) is 2.28. The molecule has 1 aromatic heterocycles. The number of anilines is 2. The zero-order chi connectivity index (χ0) is 13.4. The summed E-state index contributed by atoms with van der Waals surface area (Å²) in [6.45, 7) is 4.06. The van der Waals surface area contributed by atoms with Gasteiger partial charge in [0.25, 0.3) is 0 Å². The van der Waals surface area contributed by atoms with Crippen LogP contribution in [0.5, 0.6) is 0 Å². The molecule has 102 valence electrons. The molecule has 0 aromatic carbocycles. The Bertz CT molecular complexity index is 382. The number of rotatable bonds is 8. The minimum Gasteiger partial charge on any atom is -0.465 e. The average molecular weight is 273 g/mol. The van der Waals surface area contributed by atoms with Crippen molar-refractivity contribution in [3.63, 3.8) is 0 Å². The molecular weight excluding hydrogens is 254 g/mol. The quantitative estimate of drug-likeness (QED) is 0.554. The number of unbranched alkanes of at least 4 members (excludes halogenated alkanes) is 1. The molecule has 0 amide bonds. The number of hydrogen-bond donors (Lipinski definition) is 2. The Balaban J connectivity index is 2.40. The van der Waals surface area contributed by atoms with E-state index in [9.17, 15) is 4.79 Å². The molecule has 7 heteroatoms. The summed E-state index contributed by atoms with van der Waals surface area (Å²) in [5, 5.41) is 3.70. The molecule has 0 spiro atoms. The Morgan fingerprint density at radius 1 is 1.50 bits per heavy atom. The molecule has 0 saturated carbocycles. The molecule has 0 saturated heterocycles. The first kappa shape index (κ1) is 14.7. The maximum atomic E-state index is 11.5. The van der Waals surface area contributed by atoms with Crippen molar-refractivity contribution in [3.05, 3.63) is 5.56 Å². The lowest BCUT2D eigenvalue weighted by atomic mass is 10.3. The Morgan fingerprint density at radius 3 is 2.94 bits per heavy atom. The highest BCUT2D eigenvalue weighted by atomic mass is 32.1. The predicted molar refractivity (Wildman–Crippen MR) is 72.1 cm³/mol. The van der Waals surface area contributed by atoms with Gasteiger partial charge in [-0.15, -0.1) is 0 Å². The molecule has 6 nitrogen and oxygen atoms in total. The Morgan fingerprint density at radius 2 is 2.28 bits per heavy atom. The predicted octanol–water partition coefficient (Wildman–Crippen LogP) is 1.74. The molecule has 0 radical (unpaired) electrons. The van der Waals surface area contributed by atoms with Crippen LogP contribution in [-0.2, 0) is 9.47 Å². The summed E-state index contributed by atoms with van der Waals surface area (Å²) in [6.07, 6.45) is 2.17. The van der Waals surface area contributed by atoms with Crippen LogP contribution in [-0.4, -0.2) is 37.2 Å². The number of nitrogens with two attached hydrogens (primary N) is 1. The van der Waals surface area contributed by atoms with E-state index in [0.717, 1.165) is 31.0 Å². The van der Waals surface area contributed by atoms with Crippen molar-refractivity contribution in [2.75, 3.05) is 37.9 Å². The van der Waals surface area contributed by atoms with Gasteiger partial charge in [0.05, 0.1) is 13.7 Å². The summed E-state index contributed by atoms with van der Waals surface area (Å²) in [6, 6.07) is 0. The second-order valence-corrected chi connectivity index (χ2v) is 4.43. The van der Waals surface area contributed by atoms with E-state index in [1.54, 1.807) is 0 Å². The minimum atomic E-state index is -0.476. The van der Waals surface area contributed by atoms with Gasteiger partial charge in [0.15, 0.2) is 5.82 Å². The first-order valence-corrected chi connectivity index (χ1v) is 6.63. The Labute approximate surface area is 111 Å². The van der Waals surface area contributed by atoms with Gasteiger partial charge in [-0.05, 0) is 18.0 Å². The molecule has 0 aliphatic carbocycles. The summed E-state index contributed by atoms with van der Waals surface area (Å²) >= 11 is 1.15. The van der Waals surface area contributed by atoms with Crippen molar-refractivity contribution < 1.29 is 14.3 Å². The van der Waals surface area contributed by atoms with Gasteiger partial charge in [0, 0.05) is 13.2 Å². The average Bonchev–Trinajstić information content (AvgIpc) is 2.74. The Kier molecular flexibility index (Phi) is 6.45. The van der Waals surface area contributed by atoms with Gasteiger partial charge in [-0.3, -0.25) is 0 Å². The molecule has 18 heavy (non-hydrogen) atoms. The number of ether oxygens (including phenoxy) is 2. The van der Waals surface area contributed by atoms with Crippen LogP contribution in [0.4, 0.5) is 10.8 Å². The van der Waals surface area contributed by atoms with Crippen molar-refractivity contribution in [1.82, 2.24) is 4.37 Å². The van der Waals surface area contributed by atoms with Crippen molar-refractivity contribution in [2.45, 2.75) is 19.8 Å². The number of nitrogen functional groups attached to an aromatic ring is 1. The van der Waals surface area contributed by atoms with Crippen LogP contribution in [0.15, 0.2) is 0 Å². The number of carbonyl (C=O) groups excluding carboxylic acids is 1. The van der Waals surface area contributed by atoms with Gasteiger partial charge >= 0.3 is 5.97 Å². The number of methoxy groups -OCH3 is 1. The normalized spacial score (nSPS) is 10.3. The molecule has 1 rings (SSSR count). The lowest BCUT2D eigenvalue weighted by Crippen LogP contribution is -2.12. The highest BCUT2D eigenvalue weighted by molar-refractivity contribution is 7.11. The van der Waals surface area contributed by atoms with Crippen LogP contribution in [0.1, 0.15) is 30.1 Å². The van der Waals surface area contributed by atoms with E-state index in [-0.39, 0.29) is 5.82 Å². The molecular formula is C11H19N3O3S. The fraction of sp³-hybridized carbons (Fsp3) is 0.636. The molecule has 0 bridgehead atoms. The topological polar surface area (TPSA) is 86.5 Å². The van der Waals surface area contributed by atoms with E-state index in [4.69, 9.17) is 10.5 Å². The fourth-order valence-corrected chi connectivity index (χ4v) is 2.03. The maximum absolute atomic E-state index is 11.5. The van der Waals surface area contributed by atoms with Gasteiger partial charge in [0.1, 0.15) is 10.6 Å². The van der Waals surface area contributed by atoms with Crippen molar-refractivity contribution in [3.8, 4) is 0 Å². The van der Waals surface area contributed by atoms with Crippen LogP contribution in [0.25, 0.3) is 0 Å². The van der Waals surface area contributed by atoms with Crippen LogP contribution >= 0.6 is 11.5 Å². The van der Waals surface area contributed by atoms with Crippen LogP contribution in [0, 0.1) is 0 Å². The van der Waals surface area contributed by atoms with E-state index in [0.29, 0.717) is 23.7 Å². The van der Waals surface area contributed by atoms with Gasteiger partial charge in [0.2, 0.25) is 0 Å². The van der Waals surface area contributed by atoms with Crippen LogP contribution in [0.3, 0.4) is 0 Å². The smallest absolute Gasteiger partial charge is 0.344 e. The zero-order valence-electron chi connectivity index (χ0n) is 10.7. The zero-order valence-corrected chi connectivity index (χ0v) is 11.5. The van der Waals surface area contributed by atoms with E-state index in [1.807, 2.05) is 0 Å². The van der Waals surface area contributed by atoms with Crippen molar-refractivity contribution in [2.24, 2.45) is 0 Å². The molecule has 1 aromatic rings. The standard InChI is InChI=1S/C11H19N3O3S/c1-3-4-6-17-7-5-13-10-8(11(15)16-2)9(12)14-18-10/h13H,3-7H2,1-2H3,(H2,12,14). The monoisotopic (exact) mass is 273 g/mol. The number of carbonyl (C=O) groups is 1. The number of aromatic nitrogens is 1. The largest absolute Gasteiger partial charge is 0.465 e. The summed E-state index contributed by atoms with van der Waals surface area (Å²) in [7, 11) is 1.32. The second kappa shape index (κ2) is 7.88. The maximum Gasteiger partial charge on any atom is 0.344 e. The number of nitrogens with zero attached hydrogens (tertiary/aromatic N) is 1.